The number of rotatable bonds is 4. The van der Waals surface area contributed by atoms with Gasteiger partial charge in [-0.2, -0.15) is 0 Å². The summed E-state index contributed by atoms with van der Waals surface area (Å²) in [5.74, 6) is -0.472. The molecule has 0 amide bonds. The van der Waals surface area contributed by atoms with Crippen molar-refractivity contribution in [3.05, 3.63) is 34.9 Å². The fourth-order valence-electron chi connectivity index (χ4n) is 1.68. The van der Waals surface area contributed by atoms with E-state index in [-0.39, 0.29) is 5.56 Å². The van der Waals surface area contributed by atoms with Gasteiger partial charge in [0.05, 0.1) is 0 Å². The molecule has 0 aliphatic heterocycles. The van der Waals surface area contributed by atoms with Crippen LogP contribution in [-0.4, -0.2) is 6.29 Å². The van der Waals surface area contributed by atoms with Crippen molar-refractivity contribution in [2.24, 2.45) is 0 Å². The van der Waals surface area contributed by atoms with Crippen molar-refractivity contribution in [3.63, 3.8) is 0 Å². The van der Waals surface area contributed by atoms with Crippen LogP contribution in [0, 0.1) is 0 Å². The Labute approximate surface area is 88.1 Å². The van der Waals surface area contributed by atoms with E-state index < -0.39 is 12.3 Å². The van der Waals surface area contributed by atoms with Gasteiger partial charge in [-0.1, -0.05) is 32.0 Å². The van der Waals surface area contributed by atoms with Gasteiger partial charge < -0.3 is 4.79 Å². The van der Waals surface area contributed by atoms with Crippen LogP contribution in [0.15, 0.2) is 18.2 Å². The van der Waals surface area contributed by atoms with E-state index >= 15 is 0 Å². The summed E-state index contributed by atoms with van der Waals surface area (Å²) in [6, 6.07) is 5.00. The molecule has 0 fully saturated rings. The highest BCUT2D eigenvalue weighted by Gasteiger charge is 2.19. The second kappa shape index (κ2) is 5.01. The summed E-state index contributed by atoms with van der Waals surface area (Å²) in [4.78, 5) is 10.6. The minimum absolute atomic E-state index is 0.0274. The third kappa shape index (κ3) is 2.41. The fraction of sp³-hybridized carbons (Fsp3) is 0.417. The zero-order valence-electron chi connectivity index (χ0n) is 8.84. The standard InChI is InChI=1S/C12H14F2O/c1-3-9-5-4-6-10(8(2)7-15)11(9)12(13)14/h4-8,12H,3H2,1-2H3. The lowest BCUT2D eigenvalue weighted by molar-refractivity contribution is -0.108. The fourth-order valence-corrected chi connectivity index (χ4v) is 1.68. The smallest absolute Gasteiger partial charge is 0.264 e. The Kier molecular flexibility index (Phi) is 3.95. The van der Waals surface area contributed by atoms with Gasteiger partial charge in [-0.3, -0.25) is 0 Å². The molecule has 0 aromatic heterocycles. The number of halogens is 2. The molecule has 3 heteroatoms. The number of alkyl halides is 2. The van der Waals surface area contributed by atoms with E-state index in [0.29, 0.717) is 23.8 Å². The number of benzene rings is 1. The van der Waals surface area contributed by atoms with Gasteiger partial charge in [-0.15, -0.1) is 0 Å². The number of hydrogen-bond acceptors (Lipinski definition) is 1. The Morgan fingerprint density at radius 1 is 1.40 bits per heavy atom. The van der Waals surface area contributed by atoms with Gasteiger partial charge in [0.25, 0.3) is 6.43 Å². The number of aryl methyl sites for hydroxylation is 1. The molecule has 0 bridgehead atoms. The second-order valence-electron chi connectivity index (χ2n) is 3.50. The first-order valence-electron chi connectivity index (χ1n) is 4.96. The van der Waals surface area contributed by atoms with Crippen LogP contribution in [0.3, 0.4) is 0 Å². The molecule has 1 rings (SSSR count). The lowest BCUT2D eigenvalue weighted by atomic mass is 9.92. The van der Waals surface area contributed by atoms with E-state index in [4.69, 9.17) is 0 Å². The molecule has 0 saturated heterocycles. The van der Waals surface area contributed by atoms with Crippen molar-refractivity contribution in [1.29, 1.82) is 0 Å². The summed E-state index contributed by atoms with van der Waals surface area (Å²) in [7, 11) is 0. The third-order valence-electron chi connectivity index (χ3n) is 2.52. The second-order valence-corrected chi connectivity index (χ2v) is 3.50. The Morgan fingerprint density at radius 3 is 2.53 bits per heavy atom. The van der Waals surface area contributed by atoms with E-state index in [1.807, 2.05) is 6.92 Å². The van der Waals surface area contributed by atoms with E-state index in [9.17, 15) is 13.6 Å². The van der Waals surface area contributed by atoms with Crippen LogP contribution in [0.4, 0.5) is 8.78 Å². The monoisotopic (exact) mass is 212 g/mol. The van der Waals surface area contributed by atoms with Gasteiger partial charge in [-0.05, 0) is 17.5 Å². The van der Waals surface area contributed by atoms with E-state index in [2.05, 4.69) is 0 Å². The first-order chi connectivity index (χ1) is 7.11. The number of aldehydes is 1. The molecule has 0 aliphatic carbocycles. The van der Waals surface area contributed by atoms with Crippen LogP contribution in [0.2, 0.25) is 0 Å². The number of hydrogen-bond donors (Lipinski definition) is 0. The number of carbonyl (C=O) groups excluding carboxylic acids is 1. The van der Waals surface area contributed by atoms with Crippen molar-refractivity contribution >= 4 is 6.29 Å². The van der Waals surface area contributed by atoms with Crippen molar-refractivity contribution in [3.8, 4) is 0 Å². The van der Waals surface area contributed by atoms with E-state index in [0.717, 1.165) is 0 Å². The van der Waals surface area contributed by atoms with Crippen molar-refractivity contribution in [1.82, 2.24) is 0 Å². The SMILES string of the molecule is CCc1cccc(C(C)C=O)c1C(F)F. The normalized spacial score (nSPS) is 12.9. The maximum Gasteiger partial charge on any atom is 0.264 e. The van der Waals surface area contributed by atoms with Crippen LogP contribution < -0.4 is 0 Å². The Morgan fingerprint density at radius 2 is 2.07 bits per heavy atom. The van der Waals surface area contributed by atoms with Gasteiger partial charge >= 0.3 is 0 Å². The lowest BCUT2D eigenvalue weighted by Crippen LogP contribution is -2.04. The predicted octanol–water partition coefficient (Wildman–Crippen LogP) is 3.49. The Bertz CT molecular complexity index is 347. The minimum Gasteiger partial charge on any atom is -0.303 e. The van der Waals surface area contributed by atoms with E-state index in [1.165, 1.54) is 0 Å². The largest absolute Gasteiger partial charge is 0.303 e. The highest BCUT2D eigenvalue weighted by molar-refractivity contribution is 5.63. The van der Waals surface area contributed by atoms with E-state index in [1.54, 1.807) is 25.1 Å². The lowest BCUT2D eigenvalue weighted by Gasteiger charge is -2.14. The molecule has 0 spiro atoms. The van der Waals surface area contributed by atoms with Crippen LogP contribution in [0.1, 0.15) is 42.9 Å². The average molecular weight is 212 g/mol. The zero-order chi connectivity index (χ0) is 11.4. The average Bonchev–Trinajstić information content (AvgIpc) is 2.26. The van der Waals surface area contributed by atoms with Gasteiger partial charge in [0.15, 0.2) is 0 Å². The molecule has 1 aromatic rings. The molecule has 0 radical (unpaired) electrons. The van der Waals surface area contributed by atoms with Crippen molar-refractivity contribution < 1.29 is 13.6 Å². The molecule has 0 N–H and O–H groups in total. The molecule has 0 saturated carbocycles. The minimum atomic E-state index is -2.52. The van der Waals surface area contributed by atoms with Crippen LogP contribution >= 0.6 is 0 Å². The molecule has 0 heterocycles. The topological polar surface area (TPSA) is 17.1 Å². The molecule has 1 atom stereocenters. The van der Waals surface area contributed by atoms with Crippen molar-refractivity contribution in [2.75, 3.05) is 0 Å². The first-order valence-corrected chi connectivity index (χ1v) is 4.96. The van der Waals surface area contributed by atoms with Gasteiger partial charge in [0.2, 0.25) is 0 Å². The maximum absolute atomic E-state index is 12.9. The summed E-state index contributed by atoms with van der Waals surface area (Å²) >= 11 is 0. The molecule has 1 aromatic carbocycles. The molecular weight excluding hydrogens is 198 g/mol. The van der Waals surface area contributed by atoms with Gasteiger partial charge in [-0.25, -0.2) is 8.78 Å². The molecule has 1 nitrogen and oxygen atoms in total. The van der Waals surface area contributed by atoms with Gasteiger partial charge in [0, 0.05) is 11.5 Å². The summed E-state index contributed by atoms with van der Waals surface area (Å²) < 4.78 is 25.7. The van der Waals surface area contributed by atoms with Crippen LogP contribution in [0.5, 0.6) is 0 Å². The highest BCUT2D eigenvalue weighted by atomic mass is 19.3. The Balaban J connectivity index is 3.31. The molecular formula is C12H14F2O. The predicted molar refractivity (Wildman–Crippen MR) is 55.3 cm³/mol. The third-order valence-corrected chi connectivity index (χ3v) is 2.52. The summed E-state index contributed by atoms with van der Waals surface area (Å²) in [6.45, 7) is 3.46. The molecule has 82 valence electrons. The highest BCUT2D eigenvalue weighted by Crippen LogP contribution is 2.31. The molecule has 1 unspecified atom stereocenters. The quantitative estimate of drug-likeness (QED) is 0.698. The van der Waals surface area contributed by atoms with Crippen LogP contribution in [0.25, 0.3) is 0 Å². The first kappa shape index (κ1) is 11.8. The zero-order valence-corrected chi connectivity index (χ0v) is 8.84. The summed E-state index contributed by atoms with van der Waals surface area (Å²) in [6.07, 6.45) is -1.27. The summed E-state index contributed by atoms with van der Waals surface area (Å²) in [5, 5.41) is 0. The molecule has 15 heavy (non-hydrogen) atoms. The number of carbonyl (C=O) groups is 1. The van der Waals surface area contributed by atoms with Crippen LogP contribution in [-0.2, 0) is 11.2 Å². The maximum atomic E-state index is 12.9. The van der Waals surface area contributed by atoms with Crippen molar-refractivity contribution in [2.45, 2.75) is 32.6 Å². The Hall–Kier alpha value is -1.25. The molecule has 0 aliphatic rings. The summed E-state index contributed by atoms with van der Waals surface area (Å²) in [5.41, 5.74) is 1.09. The van der Waals surface area contributed by atoms with Gasteiger partial charge in [0.1, 0.15) is 6.29 Å².